The minimum atomic E-state index is 0.169. The number of benzene rings is 1. The van der Waals surface area contributed by atoms with Gasteiger partial charge in [-0.25, -0.2) is 0 Å². The van der Waals surface area contributed by atoms with Crippen molar-refractivity contribution in [1.82, 2.24) is 15.2 Å². The summed E-state index contributed by atoms with van der Waals surface area (Å²) in [6.45, 7) is 3.06. The third kappa shape index (κ3) is 2.93. The van der Waals surface area contributed by atoms with Gasteiger partial charge in [0.15, 0.2) is 5.82 Å². The molecule has 0 aliphatic carbocycles. The second kappa shape index (κ2) is 5.94. The fourth-order valence-electron chi connectivity index (χ4n) is 2.61. The van der Waals surface area contributed by atoms with Crippen LogP contribution in [0.5, 0.6) is 0 Å². The zero-order chi connectivity index (χ0) is 15.0. The van der Waals surface area contributed by atoms with Crippen molar-refractivity contribution in [2.45, 2.75) is 31.8 Å². The first-order valence-corrected chi connectivity index (χ1v) is 8.13. The van der Waals surface area contributed by atoms with Crippen molar-refractivity contribution in [2.24, 2.45) is 5.73 Å². The number of aromatic nitrogens is 3. The number of anilines is 1. The Balaban J connectivity index is 1.87. The van der Waals surface area contributed by atoms with Crippen molar-refractivity contribution in [3.8, 4) is 11.4 Å². The number of piperidine rings is 1. The minimum Gasteiger partial charge on any atom is -0.335 e. The number of rotatable bonds is 2. The molecule has 112 valence electrons. The number of H-pyrrole nitrogens is 1. The van der Waals surface area contributed by atoms with Gasteiger partial charge in [-0.3, -0.25) is 5.10 Å². The van der Waals surface area contributed by atoms with Crippen LogP contribution >= 0.6 is 27.5 Å². The Kier molecular flexibility index (Phi) is 4.19. The summed E-state index contributed by atoms with van der Waals surface area (Å²) >= 11 is 9.51. The van der Waals surface area contributed by atoms with Gasteiger partial charge in [0.25, 0.3) is 0 Å². The van der Waals surface area contributed by atoms with E-state index >= 15 is 0 Å². The van der Waals surface area contributed by atoms with E-state index in [1.54, 1.807) is 0 Å². The second-order valence-electron chi connectivity index (χ2n) is 5.35. The molecule has 0 radical (unpaired) electrons. The van der Waals surface area contributed by atoms with Crippen molar-refractivity contribution in [1.29, 1.82) is 0 Å². The summed E-state index contributed by atoms with van der Waals surface area (Å²) < 4.78 is 0.864. The Morgan fingerprint density at radius 2 is 2.29 bits per heavy atom. The summed E-state index contributed by atoms with van der Waals surface area (Å²) in [4.78, 5) is 6.75. The maximum absolute atomic E-state index is 6.13. The third-order valence-electron chi connectivity index (χ3n) is 3.97. The highest BCUT2D eigenvalue weighted by atomic mass is 79.9. The number of hydrogen-bond donors (Lipinski definition) is 2. The van der Waals surface area contributed by atoms with Crippen molar-refractivity contribution in [3.63, 3.8) is 0 Å². The lowest BCUT2D eigenvalue weighted by Gasteiger charge is -2.36. The predicted molar refractivity (Wildman–Crippen MR) is 88.5 cm³/mol. The van der Waals surface area contributed by atoms with Crippen LogP contribution in [0.4, 0.5) is 5.95 Å². The van der Waals surface area contributed by atoms with Crippen LogP contribution < -0.4 is 10.6 Å². The van der Waals surface area contributed by atoms with Crippen molar-refractivity contribution < 1.29 is 0 Å². The van der Waals surface area contributed by atoms with Gasteiger partial charge in [0.2, 0.25) is 5.95 Å². The van der Waals surface area contributed by atoms with E-state index in [1.807, 2.05) is 18.2 Å². The van der Waals surface area contributed by atoms with E-state index in [0.29, 0.717) is 16.8 Å². The molecule has 0 bridgehead atoms. The summed E-state index contributed by atoms with van der Waals surface area (Å²) in [6.07, 6.45) is 2.12. The summed E-state index contributed by atoms with van der Waals surface area (Å²) in [5.74, 6) is 1.41. The van der Waals surface area contributed by atoms with Crippen LogP contribution in [-0.2, 0) is 0 Å². The molecule has 5 nitrogen and oxygen atoms in total. The first-order chi connectivity index (χ1) is 10.1. The molecule has 1 saturated heterocycles. The molecule has 2 aromatic rings. The quantitative estimate of drug-likeness (QED) is 0.851. The van der Waals surface area contributed by atoms with Crippen LogP contribution in [0.25, 0.3) is 11.4 Å². The van der Waals surface area contributed by atoms with Crippen molar-refractivity contribution >= 4 is 33.5 Å². The maximum atomic E-state index is 6.13. The molecule has 2 unspecified atom stereocenters. The molecule has 0 amide bonds. The number of aromatic amines is 1. The molecule has 3 rings (SSSR count). The van der Waals surface area contributed by atoms with Crippen LogP contribution in [0.1, 0.15) is 19.8 Å². The highest BCUT2D eigenvalue weighted by Crippen LogP contribution is 2.28. The van der Waals surface area contributed by atoms with E-state index in [-0.39, 0.29) is 12.1 Å². The lowest BCUT2D eigenvalue weighted by atomic mass is 9.99. The molecule has 1 fully saturated rings. The Bertz CT molecular complexity index is 644. The topological polar surface area (TPSA) is 70.8 Å². The molecular weight excluding hydrogens is 354 g/mol. The van der Waals surface area contributed by atoms with Gasteiger partial charge in [0, 0.05) is 28.7 Å². The summed E-state index contributed by atoms with van der Waals surface area (Å²) in [6, 6.07) is 6.13. The van der Waals surface area contributed by atoms with E-state index in [4.69, 9.17) is 17.3 Å². The summed E-state index contributed by atoms with van der Waals surface area (Å²) in [5, 5.41) is 7.97. The van der Waals surface area contributed by atoms with Gasteiger partial charge >= 0.3 is 0 Å². The van der Waals surface area contributed by atoms with Gasteiger partial charge in [0.1, 0.15) is 0 Å². The standard InChI is InChI=1S/C14H17BrClN5/c1-8-12(17)3-2-6-21(8)14-18-13(19-20-14)9-4-5-10(15)11(16)7-9/h4-5,7-8,12H,2-3,6,17H2,1H3,(H,18,19,20). The zero-order valence-corrected chi connectivity index (χ0v) is 14.0. The van der Waals surface area contributed by atoms with Crippen LogP contribution in [-0.4, -0.2) is 33.8 Å². The second-order valence-corrected chi connectivity index (χ2v) is 6.61. The SMILES string of the molecule is CC1C(N)CCCN1c1n[nH]c(-c2ccc(Br)c(Cl)c2)n1. The smallest absolute Gasteiger partial charge is 0.245 e. The number of halogens is 2. The average molecular weight is 371 g/mol. The van der Waals surface area contributed by atoms with Gasteiger partial charge in [-0.1, -0.05) is 11.6 Å². The first-order valence-electron chi connectivity index (χ1n) is 6.96. The zero-order valence-electron chi connectivity index (χ0n) is 11.7. The molecule has 1 aliphatic heterocycles. The minimum absolute atomic E-state index is 0.169. The van der Waals surface area contributed by atoms with E-state index in [2.05, 4.69) is 42.9 Å². The Labute approximate surface area is 137 Å². The molecule has 7 heteroatoms. The highest BCUT2D eigenvalue weighted by molar-refractivity contribution is 9.10. The van der Waals surface area contributed by atoms with E-state index in [1.165, 1.54) is 0 Å². The Hall–Kier alpha value is -1.11. The van der Waals surface area contributed by atoms with Crippen LogP contribution in [0, 0.1) is 0 Å². The number of nitrogens with zero attached hydrogens (tertiary/aromatic N) is 3. The van der Waals surface area contributed by atoms with Crippen molar-refractivity contribution in [3.05, 3.63) is 27.7 Å². The fraction of sp³-hybridized carbons (Fsp3) is 0.429. The molecule has 1 aromatic heterocycles. The fourth-order valence-corrected chi connectivity index (χ4v) is 3.04. The lowest BCUT2D eigenvalue weighted by molar-refractivity contribution is 0.416. The number of hydrogen-bond acceptors (Lipinski definition) is 4. The van der Waals surface area contributed by atoms with Gasteiger partial charge in [-0.2, -0.15) is 4.98 Å². The summed E-state index contributed by atoms with van der Waals surface area (Å²) in [5.41, 5.74) is 7.04. The lowest BCUT2D eigenvalue weighted by Crippen LogP contribution is -2.50. The monoisotopic (exact) mass is 369 g/mol. The van der Waals surface area contributed by atoms with Crippen LogP contribution in [0.3, 0.4) is 0 Å². The highest BCUT2D eigenvalue weighted by Gasteiger charge is 2.27. The van der Waals surface area contributed by atoms with Crippen molar-refractivity contribution in [2.75, 3.05) is 11.4 Å². The molecule has 1 aliphatic rings. The number of nitrogens with one attached hydrogen (secondary N) is 1. The molecular formula is C14H17BrClN5. The van der Waals surface area contributed by atoms with Gasteiger partial charge in [-0.05, 0) is 53.9 Å². The molecule has 21 heavy (non-hydrogen) atoms. The Morgan fingerprint density at radius 3 is 3.05 bits per heavy atom. The summed E-state index contributed by atoms with van der Waals surface area (Å²) in [7, 11) is 0. The normalized spacial score (nSPS) is 22.6. The molecule has 1 aromatic carbocycles. The molecule has 2 heterocycles. The van der Waals surface area contributed by atoms with Crippen LogP contribution in [0.2, 0.25) is 5.02 Å². The van der Waals surface area contributed by atoms with Crippen LogP contribution in [0.15, 0.2) is 22.7 Å². The average Bonchev–Trinajstić information content (AvgIpc) is 2.94. The first kappa shape index (κ1) is 14.8. The molecule has 3 N–H and O–H groups in total. The maximum Gasteiger partial charge on any atom is 0.245 e. The molecule has 2 atom stereocenters. The molecule has 0 spiro atoms. The third-order valence-corrected chi connectivity index (χ3v) is 5.20. The predicted octanol–water partition coefficient (Wildman–Crippen LogP) is 3.20. The largest absolute Gasteiger partial charge is 0.335 e. The Morgan fingerprint density at radius 1 is 1.48 bits per heavy atom. The van der Waals surface area contributed by atoms with Gasteiger partial charge < -0.3 is 10.6 Å². The van der Waals surface area contributed by atoms with E-state index < -0.39 is 0 Å². The number of nitrogens with two attached hydrogens (primary N) is 1. The molecule has 0 saturated carbocycles. The van der Waals surface area contributed by atoms with E-state index in [0.717, 1.165) is 29.4 Å². The van der Waals surface area contributed by atoms with E-state index in [9.17, 15) is 0 Å². The van der Waals surface area contributed by atoms with Gasteiger partial charge in [0.05, 0.1) is 5.02 Å². The van der Waals surface area contributed by atoms with Gasteiger partial charge in [-0.15, -0.1) is 5.10 Å².